The SMILES string of the molecule is CCNc1nccc(Nc2ccc(C#N)cc2OC)n1. The summed E-state index contributed by atoms with van der Waals surface area (Å²) < 4.78 is 5.27. The maximum Gasteiger partial charge on any atom is 0.224 e. The Hall–Kier alpha value is -2.81. The van der Waals surface area contributed by atoms with E-state index >= 15 is 0 Å². The molecule has 0 aliphatic carbocycles. The zero-order valence-electron chi connectivity index (χ0n) is 11.3. The van der Waals surface area contributed by atoms with E-state index in [1.54, 1.807) is 37.6 Å². The van der Waals surface area contributed by atoms with Crippen molar-refractivity contribution in [3.8, 4) is 11.8 Å². The van der Waals surface area contributed by atoms with Gasteiger partial charge in [0.15, 0.2) is 0 Å². The van der Waals surface area contributed by atoms with Crippen LogP contribution in [0.1, 0.15) is 12.5 Å². The number of methoxy groups -OCH3 is 1. The molecule has 0 aliphatic rings. The molecule has 20 heavy (non-hydrogen) atoms. The fraction of sp³-hybridized carbons (Fsp3) is 0.214. The standard InChI is InChI=1S/C14H15N5O/c1-3-16-14-17-7-6-13(19-14)18-11-5-4-10(9-15)8-12(11)20-2/h4-8H,3H2,1-2H3,(H2,16,17,18,19). The van der Waals surface area contributed by atoms with Gasteiger partial charge in [-0.2, -0.15) is 10.2 Å². The normalized spacial score (nSPS) is 9.65. The van der Waals surface area contributed by atoms with Crippen LogP contribution in [0.25, 0.3) is 0 Å². The Morgan fingerprint density at radius 3 is 2.90 bits per heavy atom. The van der Waals surface area contributed by atoms with Crippen molar-refractivity contribution in [1.82, 2.24) is 9.97 Å². The van der Waals surface area contributed by atoms with Gasteiger partial charge >= 0.3 is 0 Å². The van der Waals surface area contributed by atoms with Crippen molar-refractivity contribution < 1.29 is 4.74 Å². The maximum atomic E-state index is 8.88. The molecule has 1 aromatic heterocycles. The third-order valence-corrected chi connectivity index (χ3v) is 2.58. The van der Waals surface area contributed by atoms with Crippen molar-refractivity contribution >= 4 is 17.5 Å². The molecule has 0 saturated carbocycles. The van der Waals surface area contributed by atoms with Gasteiger partial charge in [-0.3, -0.25) is 0 Å². The van der Waals surface area contributed by atoms with E-state index in [2.05, 4.69) is 26.7 Å². The van der Waals surface area contributed by atoms with Gasteiger partial charge in [0.2, 0.25) is 5.95 Å². The average molecular weight is 269 g/mol. The van der Waals surface area contributed by atoms with Crippen molar-refractivity contribution in [2.24, 2.45) is 0 Å². The van der Waals surface area contributed by atoms with Crippen LogP contribution in [0.2, 0.25) is 0 Å². The molecular formula is C14H15N5O. The molecule has 0 spiro atoms. The highest BCUT2D eigenvalue weighted by Gasteiger charge is 2.06. The predicted octanol–water partition coefficient (Wildman–Crippen LogP) is 2.53. The molecule has 0 aliphatic heterocycles. The van der Waals surface area contributed by atoms with E-state index in [4.69, 9.17) is 10.00 Å². The maximum absolute atomic E-state index is 8.88. The number of anilines is 3. The van der Waals surface area contributed by atoms with Crippen molar-refractivity contribution in [1.29, 1.82) is 5.26 Å². The van der Waals surface area contributed by atoms with Crippen LogP contribution in [0, 0.1) is 11.3 Å². The summed E-state index contributed by atoms with van der Waals surface area (Å²) in [5.41, 5.74) is 1.29. The lowest BCUT2D eigenvalue weighted by Gasteiger charge is -2.11. The van der Waals surface area contributed by atoms with Crippen LogP contribution in [-0.2, 0) is 0 Å². The molecule has 1 aromatic carbocycles. The zero-order chi connectivity index (χ0) is 14.4. The van der Waals surface area contributed by atoms with Crippen LogP contribution in [0.3, 0.4) is 0 Å². The van der Waals surface area contributed by atoms with E-state index in [0.717, 1.165) is 12.2 Å². The zero-order valence-corrected chi connectivity index (χ0v) is 11.3. The van der Waals surface area contributed by atoms with Gasteiger partial charge in [-0.15, -0.1) is 0 Å². The first kappa shape index (κ1) is 13.6. The van der Waals surface area contributed by atoms with E-state index in [-0.39, 0.29) is 0 Å². The minimum absolute atomic E-state index is 0.545. The lowest BCUT2D eigenvalue weighted by Crippen LogP contribution is -2.04. The number of hydrogen-bond acceptors (Lipinski definition) is 6. The van der Waals surface area contributed by atoms with Crippen LogP contribution >= 0.6 is 0 Å². The summed E-state index contributed by atoms with van der Waals surface area (Å²) >= 11 is 0. The second-order valence-electron chi connectivity index (χ2n) is 3.95. The van der Waals surface area contributed by atoms with Gasteiger partial charge < -0.3 is 15.4 Å². The number of benzene rings is 1. The molecule has 1 heterocycles. The summed E-state index contributed by atoms with van der Waals surface area (Å²) in [5.74, 6) is 1.80. The van der Waals surface area contributed by atoms with Gasteiger partial charge in [-0.05, 0) is 25.1 Å². The molecule has 2 rings (SSSR count). The third-order valence-electron chi connectivity index (χ3n) is 2.58. The van der Waals surface area contributed by atoms with E-state index in [1.165, 1.54) is 0 Å². The number of aromatic nitrogens is 2. The Labute approximate surface area is 117 Å². The molecule has 2 aromatic rings. The number of nitrogens with zero attached hydrogens (tertiary/aromatic N) is 3. The topological polar surface area (TPSA) is 82.9 Å². The van der Waals surface area contributed by atoms with Gasteiger partial charge in [0.1, 0.15) is 11.6 Å². The number of hydrogen-bond donors (Lipinski definition) is 2. The molecule has 0 fully saturated rings. The Morgan fingerprint density at radius 2 is 2.20 bits per heavy atom. The van der Waals surface area contributed by atoms with Crippen LogP contribution in [0.4, 0.5) is 17.5 Å². The second-order valence-corrected chi connectivity index (χ2v) is 3.95. The first-order valence-corrected chi connectivity index (χ1v) is 6.19. The Kier molecular flexibility index (Phi) is 4.35. The molecule has 0 bridgehead atoms. The highest BCUT2D eigenvalue weighted by atomic mass is 16.5. The fourth-order valence-corrected chi connectivity index (χ4v) is 1.67. The van der Waals surface area contributed by atoms with Crippen molar-refractivity contribution in [2.45, 2.75) is 6.92 Å². The molecule has 0 atom stereocenters. The predicted molar refractivity (Wildman–Crippen MR) is 77.2 cm³/mol. The minimum atomic E-state index is 0.545. The van der Waals surface area contributed by atoms with Crippen LogP contribution < -0.4 is 15.4 Å². The van der Waals surface area contributed by atoms with Gasteiger partial charge in [0.05, 0.1) is 24.4 Å². The Balaban J connectivity index is 2.25. The average Bonchev–Trinajstić information content (AvgIpc) is 2.48. The van der Waals surface area contributed by atoms with Gasteiger partial charge in [0.25, 0.3) is 0 Å². The minimum Gasteiger partial charge on any atom is -0.495 e. The van der Waals surface area contributed by atoms with Crippen LogP contribution in [0.15, 0.2) is 30.5 Å². The first-order valence-electron chi connectivity index (χ1n) is 6.19. The lowest BCUT2D eigenvalue weighted by atomic mass is 10.2. The number of rotatable bonds is 5. The second kappa shape index (κ2) is 6.38. The molecule has 6 nitrogen and oxygen atoms in total. The molecule has 0 radical (unpaired) electrons. The highest BCUT2D eigenvalue weighted by Crippen LogP contribution is 2.27. The van der Waals surface area contributed by atoms with E-state index in [0.29, 0.717) is 23.1 Å². The first-order chi connectivity index (χ1) is 9.76. The summed E-state index contributed by atoms with van der Waals surface area (Å²) in [6, 6.07) is 9.02. The Morgan fingerprint density at radius 1 is 1.35 bits per heavy atom. The van der Waals surface area contributed by atoms with Crippen LogP contribution in [-0.4, -0.2) is 23.6 Å². The van der Waals surface area contributed by atoms with Crippen molar-refractivity contribution in [3.63, 3.8) is 0 Å². The smallest absolute Gasteiger partial charge is 0.224 e. The molecule has 102 valence electrons. The van der Waals surface area contributed by atoms with Crippen molar-refractivity contribution in [3.05, 3.63) is 36.0 Å². The summed E-state index contributed by atoms with van der Waals surface area (Å²) in [6.07, 6.45) is 1.67. The monoisotopic (exact) mass is 269 g/mol. The Bertz CT molecular complexity index is 636. The molecule has 0 saturated heterocycles. The molecule has 0 unspecified atom stereocenters. The van der Waals surface area contributed by atoms with E-state index in [1.807, 2.05) is 6.92 Å². The lowest BCUT2D eigenvalue weighted by molar-refractivity contribution is 0.416. The van der Waals surface area contributed by atoms with Crippen LogP contribution in [0.5, 0.6) is 5.75 Å². The molecule has 6 heteroatoms. The number of ether oxygens (including phenoxy) is 1. The van der Waals surface area contributed by atoms with E-state index in [9.17, 15) is 0 Å². The largest absolute Gasteiger partial charge is 0.495 e. The molecule has 0 amide bonds. The number of nitrogens with one attached hydrogen (secondary N) is 2. The van der Waals surface area contributed by atoms with Gasteiger partial charge in [-0.25, -0.2) is 4.98 Å². The van der Waals surface area contributed by atoms with Crippen molar-refractivity contribution in [2.75, 3.05) is 24.3 Å². The molecular weight excluding hydrogens is 254 g/mol. The van der Waals surface area contributed by atoms with E-state index < -0.39 is 0 Å². The number of nitriles is 1. The third kappa shape index (κ3) is 3.14. The highest BCUT2D eigenvalue weighted by molar-refractivity contribution is 5.66. The molecule has 2 N–H and O–H groups in total. The van der Waals surface area contributed by atoms with Gasteiger partial charge in [0, 0.05) is 18.8 Å². The fourth-order valence-electron chi connectivity index (χ4n) is 1.67. The summed E-state index contributed by atoms with van der Waals surface area (Å²) in [4.78, 5) is 8.43. The summed E-state index contributed by atoms with van der Waals surface area (Å²) in [7, 11) is 1.56. The summed E-state index contributed by atoms with van der Waals surface area (Å²) in [6.45, 7) is 2.73. The van der Waals surface area contributed by atoms with Gasteiger partial charge in [-0.1, -0.05) is 0 Å². The summed E-state index contributed by atoms with van der Waals surface area (Å²) in [5, 5.41) is 15.1. The quantitative estimate of drug-likeness (QED) is 0.867.